The lowest BCUT2D eigenvalue weighted by molar-refractivity contribution is -0.155. The number of amides is 2. The lowest BCUT2D eigenvalue weighted by Crippen LogP contribution is -2.48. The molecule has 0 spiro atoms. The van der Waals surface area contributed by atoms with Crippen molar-refractivity contribution in [1.29, 1.82) is 0 Å². The summed E-state index contributed by atoms with van der Waals surface area (Å²) in [5.74, 6) is -3.03. The van der Waals surface area contributed by atoms with Crippen LogP contribution in [0.4, 0.5) is 0 Å². The summed E-state index contributed by atoms with van der Waals surface area (Å²) in [4.78, 5) is 37.4. The first-order valence-corrected chi connectivity index (χ1v) is 9.20. The zero-order chi connectivity index (χ0) is 15.5. The van der Waals surface area contributed by atoms with E-state index in [1.165, 1.54) is 16.8 Å². The Labute approximate surface area is 118 Å². The third-order valence-electron chi connectivity index (χ3n) is 3.13. The van der Waals surface area contributed by atoms with Gasteiger partial charge >= 0.3 is 5.97 Å². The molecule has 0 aromatic heterocycles. The molecule has 0 aliphatic carbocycles. The summed E-state index contributed by atoms with van der Waals surface area (Å²) >= 11 is 0. The summed E-state index contributed by atoms with van der Waals surface area (Å²) in [6, 6.07) is 0. The molecule has 0 aromatic rings. The Morgan fingerprint density at radius 3 is 2.55 bits per heavy atom. The maximum absolute atomic E-state index is 12.0. The van der Waals surface area contributed by atoms with Gasteiger partial charge in [0.1, 0.15) is 13.1 Å². The van der Waals surface area contributed by atoms with Gasteiger partial charge in [0.05, 0.1) is 12.8 Å². The zero-order valence-corrected chi connectivity index (χ0v) is 12.9. The predicted octanol–water partition coefficient (Wildman–Crippen LogP) is 0.348. The molecule has 1 unspecified atom stereocenters. The molecule has 1 atom stereocenters. The molecular weight excluding hydrogens is 283 g/mol. The largest absolute Gasteiger partial charge is 0.481 e. The minimum absolute atomic E-state index is 0.149. The first-order valence-electron chi connectivity index (χ1n) is 6.41. The van der Waals surface area contributed by atoms with Gasteiger partial charge in [-0.15, -0.1) is 0 Å². The fourth-order valence-electron chi connectivity index (χ4n) is 2.20. The lowest BCUT2D eigenvalue weighted by Gasteiger charge is -2.31. The molecule has 1 fully saturated rings. The molecule has 0 saturated carbocycles. The molecule has 0 bridgehead atoms. The molecule has 1 aliphatic rings. The normalized spacial score (nSPS) is 19.9. The highest BCUT2D eigenvalue weighted by atomic mass is 31.2. The first-order chi connectivity index (χ1) is 9.11. The van der Waals surface area contributed by atoms with E-state index in [2.05, 4.69) is 0 Å². The van der Waals surface area contributed by atoms with Crippen molar-refractivity contribution in [2.45, 2.75) is 12.8 Å². The summed E-state index contributed by atoms with van der Waals surface area (Å²) in [5.41, 5.74) is 0. The number of carboxylic acid groups (broad SMARTS) is 1. The molecule has 114 valence electrons. The number of hydrogen-bond donors (Lipinski definition) is 1. The molecule has 0 radical (unpaired) electrons. The molecule has 7 nitrogen and oxygen atoms in total. The minimum Gasteiger partial charge on any atom is -0.481 e. The van der Waals surface area contributed by atoms with Gasteiger partial charge in [0, 0.05) is 13.6 Å². The van der Waals surface area contributed by atoms with Gasteiger partial charge in [-0.3, -0.25) is 14.4 Å². The number of piperidine rings is 1. The molecule has 1 saturated heterocycles. The van der Waals surface area contributed by atoms with Gasteiger partial charge in [0.15, 0.2) is 0 Å². The number of carbonyl (C=O) groups is 3. The van der Waals surface area contributed by atoms with Crippen LogP contribution in [0, 0.1) is 5.92 Å². The average molecular weight is 304 g/mol. The van der Waals surface area contributed by atoms with E-state index < -0.39 is 24.9 Å². The van der Waals surface area contributed by atoms with Crippen molar-refractivity contribution in [2.24, 2.45) is 5.92 Å². The third-order valence-corrected chi connectivity index (χ3v) is 4.24. The monoisotopic (exact) mass is 304 g/mol. The Morgan fingerprint density at radius 2 is 2.05 bits per heavy atom. The van der Waals surface area contributed by atoms with Gasteiger partial charge in [-0.1, -0.05) is 0 Å². The number of hydrogen-bond acceptors (Lipinski definition) is 4. The summed E-state index contributed by atoms with van der Waals surface area (Å²) in [6.07, 6.45) is 1.03. The topological polar surface area (TPSA) is 95.0 Å². The molecule has 1 N–H and O–H groups in total. The number of carboxylic acids is 1. The van der Waals surface area contributed by atoms with Crippen molar-refractivity contribution in [3.8, 4) is 0 Å². The van der Waals surface area contributed by atoms with E-state index in [0.717, 1.165) is 0 Å². The van der Waals surface area contributed by atoms with Crippen LogP contribution >= 0.6 is 7.14 Å². The van der Waals surface area contributed by atoms with Gasteiger partial charge in [-0.25, -0.2) is 0 Å². The molecule has 8 heteroatoms. The average Bonchev–Trinajstić information content (AvgIpc) is 2.29. The van der Waals surface area contributed by atoms with Crippen LogP contribution in [-0.4, -0.2) is 72.4 Å². The van der Waals surface area contributed by atoms with Crippen LogP contribution in [-0.2, 0) is 18.9 Å². The second-order valence-electron chi connectivity index (χ2n) is 5.60. The van der Waals surface area contributed by atoms with E-state index in [9.17, 15) is 18.9 Å². The number of carbonyl (C=O) groups excluding carboxylic acids is 2. The summed E-state index contributed by atoms with van der Waals surface area (Å²) in [6.45, 7) is 3.41. The van der Waals surface area contributed by atoms with E-state index in [1.807, 2.05) is 0 Å². The molecule has 2 amide bonds. The number of likely N-dealkylation sites (N-methyl/N-ethyl adjacent to an activating group) is 1. The van der Waals surface area contributed by atoms with Crippen molar-refractivity contribution in [3.63, 3.8) is 0 Å². The van der Waals surface area contributed by atoms with Crippen LogP contribution in [0.5, 0.6) is 0 Å². The van der Waals surface area contributed by atoms with Crippen molar-refractivity contribution in [1.82, 2.24) is 9.80 Å². The molecule has 20 heavy (non-hydrogen) atoms. The van der Waals surface area contributed by atoms with Crippen LogP contribution < -0.4 is 0 Å². The Morgan fingerprint density at radius 1 is 1.45 bits per heavy atom. The van der Waals surface area contributed by atoms with E-state index in [-0.39, 0.29) is 18.7 Å². The second-order valence-corrected chi connectivity index (χ2v) is 9.03. The molecule has 1 heterocycles. The number of rotatable bonds is 5. The highest BCUT2D eigenvalue weighted by molar-refractivity contribution is 7.62. The Kier molecular flexibility index (Phi) is 5.34. The van der Waals surface area contributed by atoms with Crippen molar-refractivity contribution in [3.05, 3.63) is 0 Å². The van der Waals surface area contributed by atoms with Crippen LogP contribution in [0.25, 0.3) is 0 Å². The van der Waals surface area contributed by atoms with Crippen molar-refractivity contribution in [2.75, 3.05) is 39.8 Å². The molecular formula is C12H21N2O5P. The number of nitrogens with zero attached hydrogens (tertiary/aromatic N) is 2. The minimum atomic E-state index is -2.36. The number of aliphatic carboxylic acids is 1. The quantitative estimate of drug-likeness (QED) is 0.584. The maximum atomic E-state index is 12.0. The van der Waals surface area contributed by atoms with Gasteiger partial charge in [-0.05, 0) is 26.2 Å². The highest BCUT2D eigenvalue weighted by Crippen LogP contribution is 2.36. The summed E-state index contributed by atoms with van der Waals surface area (Å²) in [5, 5.41) is 8.94. The first kappa shape index (κ1) is 16.7. The third kappa shape index (κ3) is 4.63. The van der Waals surface area contributed by atoms with Gasteiger partial charge < -0.3 is 19.5 Å². The van der Waals surface area contributed by atoms with Gasteiger partial charge in [0.25, 0.3) is 0 Å². The maximum Gasteiger partial charge on any atom is 0.316 e. The molecule has 1 rings (SSSR count). The van der Waals surface area contributed by atoms with Gasteiger partial charge in [-0.2, -0.15) is 0 Å². The zero-order valence-electron chi connectivity index (χ0n) is 12.0. The van der Waals surface area contributed by atoms with E-state index in [1.54, 1.807) is 13.3 Å². The Balaban J connectivity index is 2.63. The summed E-state index contributed by atoms with van der Waals surface area (Å²) in [7, 11) is -0.832. The number of likely N-dealkylation sites (tertiary alicyclic amines) is 1. The SMILES string of the molecule is CN(CP(C)(C)=O)C(=O)CN1CCCC(C(=O)O)C1=O. The van der Waals surface area contributed by atoms with Crippen molar-refractivity contribution >= 4 is 24.9 Å². The lowest BCUT2D eigenvalue weighted by atomic mass is 9.97. The van der Waals surface area contributed by atoms with E-state index in [4.69, 9.17) is 5.11 Å². The van der Waals surface area contributed by atoms with Gasteiger partial charge in [0.2, 0.25) is 11.8 Å². The van der Waals surface area contributed by atoms with Crippen LogP contribution in [0.1, 0.15) is 12.8 Å². The fourth-order valence-corrected chi connectivity index (χ4v) is 3.38. The smallest absolute Gasteiger partial charge is 0.316 e. The Bertz CT molecular complexity index is 459. The predicted molar refractivity (Wildman–Crippen MR) is 74.0 cm³/mol. The van der Waals surface area contributed by atoms with E-state index in [0.29, 0.717) is 19.4 Å². The summed E-state index contributed by atoms with van der Waals surface area (Å²) < 4.78 is 11.7. The van der Waals surface area contributed by atoms with Crippen molar-refractivity contribution < 1.29 is 24.1 Å². The van der Waals surface area contributed by atoms with Crippen LogP contribution in [0.15, 0.2) is 0 Å². The van der Waals surface area contributed by atoms with Crippen LogP contribution in [0.3, 0.4) is 0 Å². The molecule has 0 aromatic carbocycles. The second kappa shape index (κ2) is 6.39. The van der Waals surface area contributed by atoms with E-state index >= 15 is 0 Å². The fraction of sp³-hybridized carbons (Fsp3) is 0.750. The standard InChI is InChI=1S/C12H21N2O5P/c1-13(8-20(2,3)19)10(15)7-14-6-4-5-9(11(14)16)12(17)18/h9H,4-8H2,1-3H3,(H,17,18). The van der Waals surface area contributed by atoms with Crippen LogP contribution in [0.2, 0.25) is 0 Å². The highest BCUT2D eigenvalue weighted by Gasteiger charge is 2.35. The molecule has 1 aliphatic heterocycles. The Hall–Kier alpha value is -1.36.